The first-order chi connectivity index (χ1) is 27.5. The second-order valence-electron chi connectivity index (χ2n) is 15.3. The van der Waals surface area contributed by atoms with Crippen LogP contribution in [0.3, 0.4) is 0 Å². The summed E-state index contributed by atoms with van der Waals surface area (Å²) in [6.45, 7) is 5.15. The minimum atomic E-state index is -1.54. The highest BCUT2D eigenvalue weighted by atomic mass is 32.2. The van der Waals surface area contributed by atoms with Crippen LogP contribution < -0.4 is 10.6 Å². The fourth-order valence-corrected chi connectivity index (χ4v) is 7.88. The van der Waals surface area contributed by atoms with Crippen molar-refractivity contribution in [3.8, 4) is 11.1 Å². The number of carboxylic acid groups (broad SMARTS) is 1. The summed E-state index contributed by atoms with van der Waals surface area (Å²) in [5, 5.41) is 14.8. The van der Waals surface area contributed by atoms with Crippen molar-refractivity contribution in [1.29, 1.82) is 0 Å². The number of rotatable bonds is 17. The fraction of sp³-hybridized carbons (Fsp3) is 0.415. The van der Waals surface area contributed by atoms with Crippen LogP contribution in [-0.2, 0) is 30.5 Å². The van der Waals surface area contributed by atoms with Crippen molar-refractivity contribution in [2.75, 3.05) is 50.8 Å². The number of aromatic nitrogens is 1. The molecular weight excluding hydrogens is 778 g/mol. The van der Waals surface area contributed by atoms with Gasteiger partial charge in [0.2, 0.25) is 17.7 Å². The highest BCUT2D eigenvalue weighted by molar-refractivity contribution is 7.99. The van der Waals surface area contributed by atoms with E-state index < -0.39 is 65.5 Å². The van der Waals surface area contributed by atoms with Crippen molar-refractivity contribution < 1.29 is 47.0 Å². The molecule has 13 nitrogen and oxygen atoms in total. The Labute approximate surface area is 338 Å². The average molecular weight is 825 g/mol. The van der Waals surface area contributed by atoms with E-state index in [0.717, 1.165) is 45.7 Å². The van der Waals surface area contributed by atoms with Gasteiger partial charge in [0.05, 0.1) is 18.3 Å². The molecular formula is C41H47F3N6O7S. The molecule has 3 aromatic rings. The van der Waals surface area contributed by atoms with Gasteiger partial charge < -0.3 is 30.1 Å². The van der Waals surface area contributed by atoms with Gasteiger partial charge in [-0.2, -0.15) is 11.8 Å². The highest BCUT2D eigenvalue weighted by Crippen LogP contribution is 2.42. The van der Waals surface area contributed by atoms with Crippen LogP contribution in [0.15, 0.2) is 72.9 Å². The third-order valence-corrected chi connectivity index (χ3v) is 10.8. The van der Waals surface area contributed by atoms with Crippen LogP contribution in [-0.4, -0.2) is 117 Å². The molecule has 5 rings (SSSR count). The molecule has 1 saturated heterocycles. The van der Waals surface area contributed by atoms with Crippen LogP contribution in [0.1, 0.15) is 44.5 Å². The molecule has 17 heteroatoms. The summed E-state index contributed by atoms with van der Waals surface area (Å²) in [7, 11) is 0. The van der Waals surface area contributed by atoms with E-state index in [1.54, 1.807) is 17.2 Å². The molecule has 0 aliphatic carbocycles. The fourth-order valence-electron chi connectivity index (χ4n) is 7.06. The number of benzene rings is 2. The quantitative estimate of drug-likeness (QED) is 0.131. The molecule has 58 heavy (non-hydrogen) atoms. The van der Waals surface area contributed by atoms with Gasteiger partial charge >= 0.3 is 6.09 Å². The molecule has 1 fully saturated rings. The molecule has 1 unspecified atom stereocenters. The van der Waals surface area contributed by atoms with Crippen molar-refractivity contribution >= 4 is 47.4 Å². The number of carbonyl (C=O) groups excluding carboxylic acids is 5. The number of nitrogens with zero attached hydrogens (tertiary/aromatic N) is 4. The lowest BCUT2D eigenvalue weighted by Crippen LogP contribution is -2.46. The number of amides is 6. The molecule has 2 aliphatic rings. The van der Waals surface area contributed by atoms with Gasteiger partial charge in [-0.25, -0.2) is 18.0 Å². The van der Waals surface area contributed by atoms with Crippen LogP contribution in [0.25, 0.3) is 11.1 Å². The smallest absolute Gasteiger partial charge is 0.407 e. The van der Waals surface area contributed by atoms with Crippen molar-refractivity contribution in [2.45, 2.75) is 46.0 Å². The molecule has 2 aromatic carbocycles. The SMILES string of the molecule is CC(C)(C)C(c1cc(-c2cc(F)ccc2F)cn1Cc1ccccc1)N(C[C@@H]1CN(C(=O)O)C[C@@H]1F)C(=O)CSCCC(=O)NCCNC(=O)CN1C(=O)C=CC1=O. The maximum atomic E-state index is 15.5. The van der Waals surface area contributed by atoms with E-state index in [9.17, 15) is 38.3 Å². The van der Waals surface area contributed by atoms with E-state index in [-0.39, 0.29) is 68.0 Å². The molecule has 0 spiro atoms. The van der Waals surface area contributed by atoms with Crippen molar-refractivity contribution in [1.82, 2.24) is 29.9 Å². The minimum Gasteiger partial charge on any atom is -0.465 e. The number of alkyl halides is 1. The summed E-state index contributed by atoms with van der Waals surface area (Å²) >= 11 is 1.19. The van der Waals surface area contributed by atoms with Gasteiger partial charge in [0.25, 0.3) is 11.8 Å². The molecule has 0 bridgehead atoms. The van der Waals surface area contributed by atoms with Gasteiger partial charge in [-0.3, -0.25) is 28.9 Å². The zero-order valence-electron chi connectivity index (χ0n) is 32.5. The lowest BCUT2D eigenvalue weighted by molar-refractivity contribution is -0.141. The van der Waals surface area contributed by atoms with Crippen molar-refractivity contribution in [3.63, 3.8) is 0 Å². The number of hydrogen-bond donors (Lipinski definition) is 3. The van der Waals surface area contributed by atoms with E-state index in [4.69, 9.17) is 0 Å². The van der Waals surface area contributed by atoms with Gasteiger partial charge in [-0.15, -0.1) is 0 Å². The largest absolute Gasteiger partial charge is 0.465 e. The number of hydrogen-bond acceptors (Lipinski definition) is 7. The van der Waals surface area contributed by atoms with Gasteiger partial charge in [0.1, 0.15) is 24.4 Å². The third-order valence-electron chi connectivity index (χ3n) is 9.83. The van der Waals surface area contributed by atoms with Crippen molar-refractivity contribution in [2.24, 2.45) is 11.3 Å². The van der Waals surface area contributed by atoms with Crippen molar-refractivity contribution in [3.05, 3.63) is 95.8 Å². The first-order valence-corrected chi connectivity index (χ1v) is 19.9. The molecule has 2 aliphatic heterocycles. The van der Waals surface area contributed by atoms with Gasteiger partial charge in [-0.1, -0.05) is 51.1 Å². The summed E-state index contributed by atoms with van der Waals surface area (Å²) in [6.07, 6.45) is 1.08. The predicted molar refractivity (Wildman–Crippen MR) is 211 cm³/mol. The zero-order chi connectivity index (χ0) is 42.1. The second-order valence-corrected chi connectivity index (χ2v) is 16.4. The molecule has 3 heterocycles. The Kier molecular flexibility index (Phi) is 14.4. The van der Waals surface area contributed by atoms with E-state index >= 15 is 8.78 Å². The second kappa shape index (κ2) is 19.2. The Morgan fingerprint density at radius 2 is 1.62 bits per heavy atom. The standard InChI is InChI=1S/C41H47F3N6O7S/c1-41(2,3)39(33-17-27(30-18-29(42)9-10-31(30)43)20-47(33)19-26-7-5-4-6-8-26)50(22-28-21-48(40(56)57)23-32(28)44)38(55)25-58-16-13-34(51)45-14-15-46-35(52)24-49-36(53)11-12-37(49)54/h4-12,17-18,20,28,32,39H,13-16,19,21-25H2,1-3H3,(H,45,51)(H,46,52)(H,56,57)/t28-,32-,39?/m0/s1. The summed E-state index contributed by atoms with van der Waals surface area (Å²) in [5.74, 6) is -4.43. The van der Waals surface area contributed by atoms with Crippen LogP contribution in [0.4, 0.5) is 18.0 Å². The topological polar surface area (TPSA) is 161 Å². The summed E-state index contributed by atoms with van der Waals surface area (Å²) in [5.41, 5.74) is 1.17. The van der Waals surface area contributed by atoms with Crippen LogP contribution in [0.2, 0.25) is 0 Å². The Bertz CT molecular complexity index is 2020. The highest BCUT2D eigenvalue weighted by Gasteiger charge is 2.42. The van der Waals surface area contributed by atoms with Crippen LogP contribution in [0, 0.1) is 23.0 Å². The average Bonchev–Trinajstić information content (AvgIpc) is 3.85. The zero-order valence-corrected chi connectivity index (χ0v) is 33.3. The van der Waals surface area contributed by atoms with Crippen LogP contribution in [0.5, 0.6) is 0 Å². The number of halogens is 3. The Balaban J connectivity index is 1.32. The molecule has 3 N–H and O–H groups in total. The van der Waals surface area contributed by atoms with E-state index in [1.807, 2.05) is 55.7 Å². The van der Waals surface area contributed by atoms with Gasteiger partial charge in [-0.05, 0) is 35.2 Å². The maximum Gasteiger partial charge on any atom is 0.407 e. The summed E-state index contributed by atoms with van der Waals surface area (Å²) in [4.78, 5) is 77.5. The molecule has 0 saturated carbocycles. The van der Waals surface area contributed by atoms with E-state index in [1.165, 1.54) is 11.8 Å². The Hall–Kier alpha value is -5.58. The lowest BCUT2D eigenvalue weighted by Gasteiger charge is -2.42. The van der Waals surface area contributed by atoms with Gasteiger partial charge in [0.15, 0.2) is 0 Å². The van der Waals surface area contributed by atoms with Crippen LogP contribution >= 0.6 is 11.8 Å². The Morgan fingerprint density at radius 1 is 0.948 bits per heavy atom. The number of carbonyl (C=O) groups is 6. The molecule has 0 radical (unpaired) electrons. The molecule has 1 aromatic heterocycles. The summed E-state index contributed by atoms with van der Waals surface area (Å²) < 4.78 is 47.0. The number of imide groups is 1. The number of likely N-dealkylation sites (tertiary alicyclic amines) is 1. The summed E-state index contributed by atoms with van der Waals surface area (Å²) in [6, 6.07) is 13.6. The number of nitrogens with one attached hydrogen (secondary N) is 2. The molecule has 310 valence electrons. The molecule has 3 atom stereocenters. The monoisotopic (exact) mass is 824 g/mol. The lowest BCUT2D eigenvalue weighted by atomic mass is 9.82. The Morgan fingerprint density at radius 3 is 2.26 bits per heavy atom. The first-order valence-electron chi connectivity index (χ1n) is 18.8. The maximum absolute atomic E-state index is 15.5. The third kappa shape index (κ3) is 11.3. The predicted octanol–water partition coefficient (Wildman–Crippen LogP) is 4.63. The number of thioether (sulfide) groups is 1. The van der Waals surface area contributed by atoms with E-state index in [0.29, 0.717) is 17.8 Å². The van der Waals surface area contributed by atoms with E-state index in [2.05, 4.69) is 10.6 Å². The molecule has 6 amide bonds. The minimum absolute atomic E-state index is 0.0270. The van der Waals surface area contributed by atoms with Gasteiger partial charge in [0, 0.05) is 86.0 Å². The normalized spacial score (nSPS) is 17.1. The first kappa shape index (κ1) is 43.5.